The molecule has 5 heteroatoms. The van der Waals surface area contributed by atoms with Gasteiger partial charge in [-0.1, -0.05) is 6.07 Å². The lowest BCUT2D eigenvalue weighted by Gasteiger charge is -2.22. The van der Waals surface area contributed by atoms with Crippen LogP contribution in [0.1, 0.15) is 24.4 Å². The van der Waals surface area contributed by atoms with E-state index in [1.54, 1.807) is 6.20 Å². The molecule has 2 aromatic heterocycles. The van der Waals surface area contributed by atoms with Crippen LogP contribution in [0.2, 0.25) is 0 Å². The van der Waals surface area contributed by atoms with E-state index in [4.69, 9.17) is 10.2 Å². The first-order valence-electron chi connectivity index (χ1n) is 7.14. The van der Waals surface area contributed by atoms with Crippen LogP contribution in [0.4, 0.5) is 11.7 Å². The van der Waals surface area contributed by atoms with Gasteiger partial charge in [-0.05, 0) is 36.6 Å². The minimum Gasteiger partial charge on any atom is -0.423 e. The molecule has 0 amide bonds. The topological polar surface area (TPSA) is 68.2 Å². The number of fused-ring (bicyclic) bond motifs is 1. The van der Waals surface area contributed by atoms with Gasteiger partial charge in [-0.2, -0.15) is 4.98 Å². The van der Waals surface area contributed by atoms with E-state index in [1.807, 2.05) is 30.5 Å². The fourth-order valence-corrected chi connectivity index (χ4v) is 2.97. The first kappa shape index (κ1) is 12.2. The Balaban J connectivity index is 1.73. The highest BCUT2D eigenvalue weighted by molar-refractivity contribution is 5.78. The predicted molar refractivity (Wildman–Crippen MR) is 82.0 cm³/mol. The van der Waals surface area contributed by atoms with Crippen molar-refractivity contribution < 1.29 is 4.42 Å². The standard InChI is InChI=1S/C16H16N4O/c17-12-5-6-13-15(9-12)21-16(19-13)20-8-2-4-14(20)11-3-1-7-18-10-11/h1,3,5-7,9-10,14H,2,4,8,17H2. The number of hydrogen-bond acceptors (Lipinski definition) is 5. The number of nitrogen functional groups attached to an aromatic ring is 1. The number of anilines is 2. The maximum atomic E-state index is 5.90. The monoisotopic (exact) mass is 280 g/mol. The quantitative estimate of drug-likeness (QED) is 0.730. The number of pyridine rings is 1. The summed E-state index contributed by atoms with van der Waals surface area (Å²) in [6, 6.07) is 10.6. The molecule has 0 aliphatic carbocycles. The molecule has 1 aliphatic heterocycles. The average Bonchev–Trinajstić information content (AvgIpc) is 3.13. The molecule has 0 saturated carbocycles. The van der Waals surface area contributed by atoms with Crippen LogP contribution in [0.15, 0.2) is 47.1 Å². The number of rotatable bonds is 2. The molecule has 21 heavy (non-hydrogen) atoms. The molecule has 3 aromatic rings. The molecular weight excluding hydrogens is 264 g/mol. The second kappa shape index (κ2) is 4.77. The summed E-state index contributed by atoms with van der Waals surface area (Å²) in [5, 5.41) is 0. The van der Waals surface area contributed by atoms with Crippen molar-refractivity contribution in [3.63, 3.8) is 0 Å². The van der Waals surface area contributed by atoms with Crippen molar-refractivity contribution in [1.82, 2.24) is 9.97 Å². The highest BCUT2D eigenvalue weighted by Gasteiger charge is 2.29. The van der Waals surface area contributed by atoms with Gasteiger partial charge >= 0.3 is 0 Å². The Kier molecular flexibility index (Phi) is 2.77. The maximum absolute atomic E-state index is 5.90. The molecule has 106 valence electrons. The van der Waals surface area contributed by atoms with Crippen LogP contribution in [-0.2, 0) is 0 Å². The summed E-state index contributed by atoms with van der Waals surface area (Å²) in [6.45, 7) is 0.946. The molecule has 0 bridgehead atoms. The first-order valence-corrected chi connectivity index (χ1v) is 7.14. The second-order valence-electron chi connectivity index (χ2n) is 5.36. The van der Waals surface area contributed by atoms with Crippen LogP contribution in [-0.4, -0.2) is 16.5 Å². The Bertz CT molecular complexity index is 768. The average molecular weight is 280 g/mol. The summed E-state index contributed by atoms with van der Waals surface area (Å²) >= 11 is 0. The molecule has 0 spiro atoms. The number of nitrogens with zero attached hydrogens (tertiary/aromatic N) is 3. The molecule has 2 N–H and O–H groups in total. The van der Waals surface area contributed by atoms with Gasteiger partial charge in [0, 0.05) is 30.7 Å². The van der Waals surface area contributed by atoms with Crippen molar-refractivity contribution in [3.8, 4) is 0 Å². The SMILES string of the molecule is Nc1ccc2nc(N3CCCC3c3cccnc3)oc2c1. The zero-order valence-corrected chi connectivity index (χ0v) is 11.6. The maximum Gasteiger partial charge on any atom is 0.298 e. The molecular formula is C16H16N4O. The summed E-state index contributed by atoms with van der Waals surface area (Å²) in [4.78, 5) is 11.0. The zero-order valence-electron chi connectivity index (χ0n) is 11.6. The van der Waals surface area contributed by atoms with E-state index in [9.17, 15) is 0 Å². The minimum absolute atomic E-state index is 0.282. The Morgan fingerprint density at radius 2 is 2.24 bits per heavy atom. The van der Waals surface area contributed by atoms with Crippen molar-refractivity contribution in [2.45, 2.75) is 18.9 Å². The summed E-state index contributed by atoms with van der Waals surface area (Å²) in [5.41, 5.74) is 9.27. The van der Waals surface area contributed by atoms with Crippen molar-refractivity contribution in [3.05, 3.63) is 48.3 Å². The fraction of sp³-hybridized carbons (Fsp3) is 0.250. The minimum atomic E-state index is 0.282. The predicted octanol–water partition coefficient (Wildman–Crippen LogP) is 3.15. The van der Waals surface area contributed by atoms with Crippen LogP contribution in [0, 0.1) is 0 Å². The van der Waals surface area contributed by atoms with Crippen molar-refractivity contribution in [2.75, 3.05) is 17.2 Å². The second-order valence-corrected chi connectivity index (χ2v) is 5.36. The van der Waals surface area contributed by atoms with Crippen molar-refractivity contribution >= 4 is 22.8 Å². The van der Waals surface area contributed by atoms with Gasteiger partial charge in [0.15, 0.2) is 5.58 Å². The highest BCUT2D eigenvalue weighted by Crippen LogP contribution is 2.36. The van der Waals surface area contributed by atoms with Gasteiger partial charge in [-0.3, -0.25) is 4.98 Å². The lowest BCUT2D eigenvalue weighted by atomic mass is 10.1. The van der Waals surface area contributed by atoms with Gasteiger partial charge in [0.25, 0.3) is 6.01 Å². The molecule has 5 nitrogen and oxygen atoms in total. The van der Waals surface area contributed by atoms with Crippen LogP contribution < -0.4 is 10.6 Å². The first-order chi connectivity index (χ1) is 10.3. The smallest absolute Gasteiger partial charge is 0.298 e. The summed E-state index contributed by atoms with van der Waals surface area (Å²) in [7, 11) is 0. The molecule has 1 saturated heterocycles. The number of nitrogens with two attached hydrogens (primary N) is 1. The van der Waals surface area contributed by atoms with Gasteiger partial charge in [-0.15, -0.1) is 0 Å². The third kappa shape index (κ3) is 2.11. The Labute approximate surface area is 122 Å². The van der Waals surface area contributed by atoms with Gasteiger partial charge in [-0.25, -0.2) is 0 Å². The van der Waals surface area contributed by atoms with Crippen LogP contribution in [0.25, 0.3) is 11.1 Å². The Morgan fingerprint density at radius 1 is 1.29 bits per heavy atom. The van der Waals surface area contributed by atoms with Gasteiger partial charge in [0.2, 0.25) is 0 Å². The molecule has 4 rings (SSSR count). The van der Waals surface area contributed by atoms with Crippen molar-refractivity contribution in [2.24, 2.45) is 0 Å². The van der Waals surface area contributed by atoms with Crippen LogP contribution in [0.3, 0.4) is 0 Å². The fourth-order valence-electron chi connectivity index (χ4n) is 2.97. The number of oxazole rings is 1. The van der Waals surface area contributed by atoms with E-state index >= 15 is 0 Å². The third-order valence-electron chi connectivity index (χ3n) is 3.97. The van der Waals surface area contributed by atoms with Gasteiger partial charge < -0.3 is 15.1 Å². The highest BCUT2D eigenvalue weighted by atomic mass is 16.4. The molecule has 1 aromatic carbocycles. The Morgan fingerprint density at radius 3 is 3.10 bits per heavy atom. The molecule has 1 atom stereocenters. The summed E-state index contributed by atoms with van der Waals surface area (Å²) < 4.78 is 5.90. The van der Waals surface area contributed by atoms with E-state index in [2.05, 4.69) is 20.9 Å². The lowest BCUT2D eigenvalue weighted by Crippen LogP contribution is -2.22. The third-order valence-corrected chi connectivity index (χ3v) is 3.97. The van der Waals surface area contributed by atoms with E-state index < -0.39 is 0 Å². The zero-order chi connectivity index (χ0) is 14.2. The Hall–Kier alpha value is -2.56. The van der Waals surface area contributed by atoms with E-state index in [-0.39, 0.29) is 6.04 Å². The van der Waals surface area contributed by atoms with Crippen molar-refractivity contribution in [1.29, 1.82) is 0 Å². The summed E-state index contributed by atoms with van der Waals surface area (Å²) in [5.74, 6) is 0. The lowest BCUT2D eigenvalue weighted by molar-refractivity contribution is 0.557. The van der Waals surface area contributed by atoms with Crippen LogP contribution in [0.5, 0.6) is 0 Å². The van der Waals surface area contributed by atoms with Gasteiger partial charge in [0.05, 0.1) is 6.04 Å². The molecule has 1 unspecified atom stereocenters. The molecule has 3 heterocycles. The van der Waals surface area contributed by atoms with E-state index in [1.165, 1.54) is 5.56 Å². The van der Waals surface area contributed by atoms with Crippen LogP contribution >= 0.6 is 0 Å². The molecule has 1 aliphatic rings. The molecule has 0 radical (unpaired) electrons. The van der Waals surface area contributed by atoms with E-state index in [0.717, 1.165) is 30.5 Å². The largest absolute Gasteiger partial charge is 0.423 e. The van der Waals surface area contributed by atoms with E-state index in [0.29, 0.717) is 11.7 Å². The van der Waals surface area contributed by atoms with Gasteiger partial charge in [0.1, 0.15) is 5.52 Å². The number of aromatic nitrogens is 2. The number of benzene rings is 1. The summed E-state index contributed by atoms with van der Waals surface area (Å²) in [6.07, 6.45) is 5.93. The normalized spacial score (nSPS) is 18.5. The number of hydrogen-bond donors (Lipinski definition) is 1. The molecule has 1 fully saturated rings.